The number of nitrogens with one attached hydrogen (secondary N) is 1. The minimum Gasteiger partial charge on any atom is -0.484 e. The van der Waals surface area contributed by atoms with E-state index in [0.29, 0.717) is 12.1 Å². The summed E-state index contributed by atoms with van der Waals surface area (Å²) in [4.78, 5) is 4.08. The number of ether oxygens (including phenoxy) is 1. The molecule has 0 radical (unpaired) electrons. The quantitative estimate of drug-likeness (QED) is 0.316. The van der Waals surface area contributed by atoms with Gasteiger partial charge in [-0.2, -0.15) is 13.2 Å². The van der Waals surface area contributed by atoms with Crippen molar-refractivity contribution in [2.24, 2.45) is 10.7 Å². The van der Waals surface area contributed by atoms with Crippen LogP contribution in [0.3, 0.4) is 0 Å². The van der Waals surface area contributed by atoms with Gasteiger partial charge in [-0.1, -0.05) is 24.3 Å². The lowest BCUT2D eigenvalue weighted by Gasteiger charge is -2.10. The van der Waals surface area contributed by atoms with Gasteiger partial charge >= 0.3 is 6.18 Å². The highest BCUT2D eigenvalue weighted by Gasteiger charge is 2.28. The maximum absolute atomic E-state index is 12.1. The van der Waals surface area contributed by atoms with Crippen molar-refractivity contribution in [2.45, 2.75) is 19.6 Å². The van der Waals surface area contributed by atoms with Gasteiger partial charge in [0, 0.05) is 6.54 Å². The lowest BCUT2D eigenvalue weighted by atomic mass is 10.2. The summed E-state index contributed by atoms with van der Waals surface area (Å²) in [6, 6.07) is 6.30. The molecule has 0 aliphatic carbocycles. The minimum atomic E-state index is -4.36. The van der Waals surface area contributed by atoms with Crippen LogP contribution < -0.4 is 15.8 Å². The van der Waals surface area contributed by atoms with Gasteiger partial charge < -0.3 is 15.8 Å². The molecule has 0 aliphatic heterocycles. The Morgan fingerprint density at radius 3 is 2.68 bits per heavy atom. The van der Waals surface area contributed by atoms with Crippen LogP contribution in [-0.4, -0.2) is 25.3 Å². The Morgan fingerprint density at radius 1 is 1.41 bits per heavy atom. The van der Waals surface area contributed by atoms with Gasteiger partial charge in [0.1, 0.15) is 5.75 Å². The number of guanidine groups is 1. The molecular formula is C14H19F3IN3O. The molecule has 0 unspecified atom stereocenters. The highest BCUT2D eigenvalue weighted by molar-refractivity contribution is 14.0. The first-order valence-corrected chi connectivity index (χ1v) is 6.23. The van der Waals surface area contributed by atoms with Crippen LogP contribution in [0.5, 0.6) is 5.75 Å². The average Bonchev–Trinajstić information content (AvgIpc) is 2.40. The summed E-state index contributed by atoms with van der Waals surface area (Å²) in [5.41, 5.74) is 7.26. The van der Waals surface area contributed by atoms with E-state index < -0.39 is 12.8 Å². The normalized spacial score (nSPS) is 11.5. The van der Waals surface area contributed by atoms with Crippen molar-refractivity contribution in [1.82, 2.24) is 5.32 Å². The van der Waals surface area contributed by atoms with Gasteiger partial charge in [0.2, 0.25) is 0 Å². The second-order valence-corrected chi connectivity index (χ2v) is 4.56. The molecule has 0 amide bonds. The highest BCUT2D eigenvalue weighted by Crippen LogP contribution is 2.19. The lowest BCUT2D eigenvalue weighted by molar-refractivity contribution is -0.153. The fourth-order valence-corrected chi connectivity index (χ4v) is 1.37. The predicted octanol–water partition coefficient (Wildman–Crippen LogP) is 3.23. The second-order valence-electron chi connectivity index (χ2n) is 4.56. The van der Waals surface area contributed by atoms with Crippen molar-refractivity contribution in [3.8, 4) is 5.75 Å². The predicted molar refractivity (Wildman–Crippen MR) is 91.6 cm³/mol. The summed E-state index contributed by atoms with van der Waals surface area (Å²) >= 11 is 0. The summed E-state index contributed by atoms with van der Waals surface area (Å²) in [5.74, 6) is 0.396. The molecule has 22 heavy (non-hydrogen) atoms. The molecule has 3 N–H and O–H groups in total. The number of hydrogen-bond donors (Lipinski definition) is 2. The van der Waals surface area contributed by atoms with Gasteiger partial charge in [-0.25, -0.2) is 4.99 Å². The zero-order chi connectivity index (χ0) is 15.9. The largest absolute Gasteiger partial charge is 0.484 e. The Morgan fingerprint density at radius 2 is 2.09 bits per heavy atom. The van der Waals surface area contributed by atoms with Crippen LogP contribution in [0, 0.1) is 0 Å². The average molecular weight is 429 g/mol. The number of nitrogens with zero attached hydrogens (tertiary/aromatic N) is 1. The minimum absolute atomic E-state index is 0. The Labute approximate surface area is 144 Å². The maximum Gasteiger partial charge on any atom is 0.422 e. The van der Waals surface area contributed by atoms with Crippen LogP contribution >= 0.6 is 24.0 Å². The van der Waals surface area contributed by atoms with Crippen LogP contribution in [-0.2, 0) is 6.54 Å². The molecule has 0 spiro atoms. The molecule has 0 heterocycles. The van der Waals surface area contributed by atoms with Gasteiger partial charge in [-0.05, 0) is 24.6 Å². The molecule has 1 aromatic carbocycles. The number of aliphatic imine (C=N–C) groups is 1. The molecule has 0 atom stereocenters. The molecule has 0 aromatic heterocycles. The third-order valence-electron chi connectivity index (χ3n) is 2.30. The van der Waals surface area contributed by atoms with Crippen molar-refractivity contribution >= 4 is 29.9 Å². The van der Waals surface area contributed by atoms with Crippen molar-refractivity contribution in [3.05, 3.63) is 42.0 Å². The SMILES string of the molecule is C=C(C)CNC(N)=NCc1cccc(OCC(F)(F)F)c1.I. The van der Waals surface area contributed by atoms with Crippen LogP contribution in [0.25, 0.3) is 0 Å². The van der Waals surface area contributed by atoms with E-state index >= 15 is 0 Å². The molecule has 1 aromatic rings. The van der Waals surface area contributed by atoms with Gasteiger partial charge in [0.25, 0.3) is 0 Å². The van der Waals surface area contributed by atoms with Crippen LogP contribution in [0.2, 0.25) is 0 Å². The summed E-state index contributed by atoms with van der Waals surface area (Å²) in [5, 5.41) is 2.86. The molecule has 0 fully saturated rings. The smallest absolute Gasteiger partial charge is 0.422 e. The van der Waals surface area contributed by atoms with Crippen molar-refractivity contribution < 1.29 is 17.9 Å². The van der Waals surface area contributed by atoms with Crippen molar-refractivity contribution in [2.75, 3.05) is 13.2 Å². The first-order chi connectivity index (χ1) is 9.76. The van der Waals surface area contributed by atoms with Gasteiger partial charge in [0.05, 0.1) is 6.54 Å². The van der Waals surface area contributed by atoms with Crippen molar-refractivity contribution in [1.29, 1.82) is 0 Å². The number of rotatable bonds is 6. The van der Waals surface area contributed by atoms with Gasteiger partial charge in [-0.3, -0.25) is 0 Å². The Bertz CT molecular complexity index is 518. The lowest BCUT2D eigenvalue weighted by Crippen LogP contribution is -2.32. The molecule has 4 nitrogen and oxygen atoms in total. The zero-order valence-corrected chi connectivity index (χ0v) is 14.4. The monoisotopic (exact) mass is 429 g/mol. The van der Waals surface area contributed by atoms with E-state index in [2.05, 4.69) is 21.6 Å². The third-order valence-corrected chi connectivity index (χ3v) is 2.30. The van der Waals surface area contributed by atoms with E-state index in [9.17, 15) is 13.2 Å². The number of nitrogens with two attached hydrogens (primary N) is 1. The fourth-order valence-electron chi connectivity index (χ4n) is 1.37. The zero-order valence-electron chi connectivity index (χ0n) is 12.1. The number of hydrogen-bond acceptors (Lipinski definition) is 2. The van der Waals surface area contributed by atoms with E-state index in [1.807, 2.05) is 6.92 Å². The standard InChI is InChI=1S/C14H18F3N3O.HI/c1-10(2)7-19-13(18)20-8-11-4-3-5-12(6-11)21-9-14(15,16)17;/h3-6H,1,7-9H2,2H3,(H3,18,19,20);1H. The molecule has 0 aliphatic rings. The van der Waals surface area contributed by atoms with Crippen LogP contribution in [0.1, 0.15) is 12.5 Å². The Kier molecular flexibility index (Phi) is 8.91. The number of benzene rings is 1. The maximum atomic E-state index is 12.1. The van der Waals surface area contributed by atoms with Crippen molar-refractivity contribution in [3.63, 3.8) is 0 Å². The number of alkyl halides is 3. The van der Waals surface area contributed by atoms with E-state index in [1.165, 1.54) is 12.1 Å². The summed E-state index contributed by atoms with van der Waals surface area (Å²) < 4.78 is 40.9. The van der Waals surface area contributed by atoms with Gasteiger partial charge in [0.15, 0.2) is 12.6 Å². The summed E-state index contributed by atoms with van der Waals surface area (Å²) in [6.07, 6.45) is -4.36. The molecule has 8 heteroatoms. The Hall–Kier alpha value is -1.45. The van der Waals surface area contributed by atoms with E-state index in [1.54, 1.807) is 12.1 Å². The third kappa shape index (κ3) is 9.48. The molecule has 1 rings (SSSR count). The molecule has 0 saturated heterocycles. The van der Waals surface area contributed by atoms with Gasteiger partial charge in [-0.15, -0.1) is 24.0 Å². The van der Waals surface area contributed by atoms with E-state index in [4.69, 9.17) is 5.73 Å². The molecule has 0 bridgehead atoms. The first kappa shape index (κ1) is 20.6. The molecular weight excluding hydrogens is 410 g/mol. The number of halogens is 4. The van der Waals surface area contributed by atoms with Crippen LogP contribution in [0.4, 0.5) is 13.2 Å². The highest BCUT2D eigenvalue weighted by atomic mass is 127. The fraction of sp³-hybridized carbons (Fsp3) is 0.357. The second kappa shape index (κ2) is 9.54. The van der Waals surface area contributed by atoms with E-state index in [-0.39, 0.29) is 42.2 Å². The summed E-state index contributed by atoms with van der Waals surface area (Å²) in [7, 11) is 0. The molecule has 0 saturated carbocycles. The topological polar surface area (TPSA) is 59.6 Å². The summed E-state index contributed by atoms with van der Waals surface area (Å²) in [6.45, 7) is 5.01. The van der Waals surface area contributed by atoms with Crippen LogP contribution in [0.15, 0.2) is 41.4 Å². The first-order valence-electron chi connectivity index (χ1n) is 6.23. The van der Waals surface area contributed by atoms with E-state index in [0.717, 1.165) is 5.57 Å². The molecule has 124 valence electrons. The Balaban J connectivity index is 0.00000441.